The summed E-state index contributed by atoms with van der Waals surface area (Å²) >= 11 is 0. The summed E-state index contributed by atoms with van der Waals surface area (Å²) in [5.74, 6) is -9.98. The predicted octanol–water partition coefficient (Wildman–Crippen LogP) is -4.17. The van der Waals surface area contributed by atoms with Crippen LogP contribution in [0.5, 0.6) is 0 Å². The van der Waals surface area contributed by atoms with Crippen LogP contribution in [0.25, 0.3) is 10.9 Å². The normalized spacial score (nSPS) is 15.6. The number of unbranched alkanes of at least 4 members (excludes halogenated alkanes) is 2. The van der Waals surface area contributed by atoms with E-state index in [1.165, 1.54) is 13.8 Å². The minimum Gasteiger partial charge on any atom is -0.480 e. The number of hydrogen-bond acceptors (Lipinski definition) is 16. The lowest BCUT2D eigenvalue weighted by molar-refractivity contribution is -0.144. The number of guanidine groups is 2. The summed E-state index contributed by atoms with van der Waals surface area (Å²) in [6.45, 7) is 9.72. The van der Waals surface area contributed by atoms with Crippen LogP contribution in [0.15, 0.2) is 40.4 Å². The molecule has 0 aliphatic carbocycles. The van der Waals surface area contributed by atoms with Gasteiger partial charge in [0.15, 0.2) is 11.9 Å². The second-order valence-electron chi connectivity index (χ2n) is 21.3. The summed E-state index contributed by atoms with van der Waals surface area (Å²) in [7, 11) is 0. The van der Waals surface area contributed by atoms with Gasteiger partial charge >= 0.3 is 5.97 Å². The lowest BCUT2D eigenvalue weighted by Gasteiger charge is -2.30. The number of fused-ring (bicyclic) bond motifs is 1. The molecule has 1 aromatic heterocycles. The van der Waals surface area contributed by atoms with Gasteiger partial charge in [-0.3, -0.25) is 48.3 Å². The Morgan fingerprint density at radius 2 is 0.929 bits per heavy atom. The van der Waals surface area contributed by atoms with E-state index in [9.17, 15) is 58.5 Å². The number of nitrogens with two attached hydrogens (primary N) is 7. The van der Waals surface area contributed by atoms with E-state index in [0.29, 0.717) is 37.7 Å². The first-order valence-corrected chi connectivity index (χ1v) is 28.5. The van der Waals surface area contributed by atoms with Crippen molar-refractivity contribution in [3.63, 3.8) is 0 Å². The summed E-state index contributed by atoms with van der Waals surface area (Å²) in [4.78, 5) is 135. The SMILES string of the molecule is CC[C@H](C)[C@H](NC(=O)[C@H](Cc1c[nH]c2ccccc12)NC(=O)[C@@H](NC(=O)[C@@H](NC(=O)[C@H](CCCCN)NC(=O)[C@@H](NC(=O)[C@H](CCCN=C(N)N)NC(=O)[C@H](CCCCN)NC(=O)[C@@H](N)CCCN=C(N)N)[C@@H](C)O)C(C)C)[C@@H](C)O)C(=O)O. The Kier molecular flexibility index (Phi) is 32.3. The molecular formula is C54H94N18O12. The number of amides is 8. The molecule has 0 saturated heterocycles. The summed E-state index contributed by atoms with van der Waals surface area (Å²) in [6.07, 6.45) is 0.865. The fourth-order valence-corrected chi connectivity index (χ4v) is 8.78. The van der Waals surface area contributed by atoms with Crippen LogP contribution in [-0.4, -0.2) is 178 Å². The van der Waals surface area contributed by atoms with Crippen molar-refractivity contribution in [3.8, 4) is 0 Å². The van der Waals surface area contributed by atoms with Crippen molar-refractivity contribution >= 4 is 76.0 Å². The third-order valence-corrected chi connectivity index (χ3v) is 13.9. The Bertz CT molecular complexity index is 2520. The second-order valence-corrected chi connectivity index (χ2v) is 21.3. The Hall–Kier alpha value is -7.67. The average molecular weight is 1190 g/mol. The van der Waals surface area contributed by atoms with Crippen molar-refractivity contribution < 1.29 is 58.5 Å². The van der Waals surface area contributed by atoms with Gasteiger partial charge < -0.3 is 103 Å². The van der Waals surface area contributed by atoms with Gasteiger partial charge in [0.1, 0.15) is 48.3 Å². The fraction of sp³-hybridized carbons (Fsp3) is 0.648. The maximum absolute atomic E-state index is 14.3. The molecule has 0 aliphatic rings. The monoisotopic (exact) mass is 1190 g/mol. The molecule has 0 fully saturated rings. The number of H-pyrrole nitrogens is 1. The maximum atomic E-state index is 14.3. The van der Waals surface area contributed by atoms with E-state index in [0.717, 1.165) is 10.9 Å². The van der Waals surface area contributed by atoms with Crippen molar-refractivity contribution in [2.75, 3.05) is 26.2 Å². The van der Waals surface area contributed by atoms with Gasteiger partial charge in [0.25, 0.3) is 0 Å². The van der Waals surface area contributed by atoms with E-state index in [1.807, 2.05) is 0 Å². The van der Waals surface area contributed by atoms with Gasteiger partial charge in [0, 0.05) is 36.6 Å². The largest absolute Gasteiger partial charge is 0.480 e. The first-order valence-electron chi connectivity index (χ1n) is 28.5. The number of aliphatic hydroxyl groups is 2. The van der Waals surface area contributed by atoms with Gasteiger partial charge in [0.05, 0.1) is 18.2 Å². The van der Waals surface area contributed by atoms with E-state index in [1.54, 1.807) is 58.2 Å². The molecular weight excluding hydrogens is 1090 g/mol. The molecule has 1 heterocycles. The first-order chi connectivity index (χ1) is 39.7. The Balaban J connectivity index is 2.43. The number of carboxylic acid groups (broad SMARTS) is 1. The molecule has 0 unspecified atom stereocenters. The molecule has 2 rings (SSSR count). The van der Waals surface area contributed by atoms with Gasteiger partial charge in [-0.1, -0.05) is 52.3 Å². The number of aliphatic hydroxyl groups excluding tert-OH is 2. The van der Waals surface area contributed by atoms with Crippen molar-refractivity contribution in [2.24, 2.45) is 62.0 Å². The van der Waals surface area contributed by atoms with Crippen LogP contribution in [-0.2, 0) is 49.6 Å². The predicted molar refractivity (Wildman–Crippen MR) is 316 cm³/mol. The number of para-hydroxylation sites is 1. The van der Waals surface area contributed by atoms with E-state index in [-0.39, 0.29) is 83.0 Å². The van der Waals surface area contributed by atoms with Crippen LogP contribution >= 0.6 is 0 Å². The van der Waals surface area contributed by atoms with E-state index in [4.69, 9.17) is 40.1 Å². The molecule has 12 atom stereocenters. The van der Waals surface area contributed by atoms with E-state index < -0.39 is 132 Å². The topological polar surface area (TPSA) is 533 Å². The molecule has 26 N–H and O–H groups in total. The molecule has 84 heavy (non-hydrogen) atoms. The number of nitrogens with zero attached hydrogens (tertiary/aromatic N) is 2. The van der Waals surface area contributed by atoms with Crippen molar-refractivity contribution in [1.29, 1.82) is 0 Å². The smallest absolute Gasteiger partial charge is 0.326 e. The molecule has 1 aromatic carbocycles. The lowest BCUT2D eigenvalue weighted by Crippen LogP contribution is -2.63. The van der Waals surface area contributed by atoms with Crippen molar-refractivity contribution in [3.05, 3.63) is 36.0 Å². The van der Waals surface area contributed by atoms with Crippen molar-refractivity contribution in [1.82, 2.24) is 47.5 Å². The highest BCUT2D eigenvalue weighted by Gasteiger charge is 2.38. The van der Waals surface area contributed by atoms with E-state index >= 15 is 0 Å². The quantitative estimate of drug-likeness (QED) is 0.0171. The number of aliphatic carboxylic acids is 1. The van der Waals surface area contributed by atoms with Crippen LogP contribution in [0.4, 0.5) is 0 Å². The van der Waals surface area contributed by atoms with Gasteiger partial charge in [-0.2, -0.15) is 0 Å². The van der Waals surface area contributed by atoms with Crippen LogP contribution in [0, 0.1) is 11.8 Å². The third kappa shape index (κ3) is 25.0. The third-order valence-electron chi connectivity index (χ3n) is 13.9. The van der Waals surface area contributed by atoms with Gasteiger partial charge in [-0.15, -0.1) is 0 Å². The summed E-state index contributed by atoms with van der Waals surface area (Å²) in [6, 6.07) is -5.54. The molecule has 0 saturated carbocycles. The molecule has 0 bridgehead atoms. The van der Waals surface area contributed by atoms with Crippen molar-refractivity contribution in [2.45, 2.75) is 185 Å². The highest BCUT2D eigenvalue weighted by molar-refractivity contribution is 5.99. The Morgan fingerprint density at radius 3 is 1.40 bits per heavy atom. The summed E-state index contributed by atoms with van der Waals surface area (Å²) < 4.78 is 0. The molecule has 0 aliphatic heterocycles. The standard InChI is InChI=1S/C54H94N18O12/c1-7-29(4)41(52(83)84)70-48(79)39(26-32-27-64-35-18-9-8-16-33(32)35)68-51(82)43(31(6)74)72-49(80)40(28(2)3)69-46(77)37(20-11-13-23-56)67-50(81)42(30(5)73)71-47(78)38(21-15-25-63-54(60)61)66-45(76)36(19-10-12-22-55)65-44(75)34(57)17-14-24-62-53(58)59/h8-9,16,18,27-31,34,36-43,64,73-74H,7,10-15,17,19-26,55-57H2,1-6H3,(H,65,75)(H,66,76)(H,67,81)(H,68,82)(H,69,77)(H,70,79)(H,71,78)(H,72,80)(H,83,84)(H4,58,59,62)(H4,60,61,63)/t29-,30+,31+,34-,36-,37-,38-,39-,40-,41-,42-,43-/m0/s1. The highest BCUT2D eigenvalue weighted by atomic mass is 16.4. The maximum Gasteiger partial charge on any atom is 0.326 e. The molecule has 0 radical (unpaired) electrons. The van der Waals surface area contributed by atoms with Crippen LogP contribution in [0.2, 0.25) is 0 Å². The number of hydrogen-bond donors (Lipinski definition) is 19. The number of nitrogens with one attached hydrogen (secondary N) is 9. The fourth-order valence-electron chi connectivity index (χ4n) is 8.78. The zero-order valence-electron chi connectivity index (χ0n) is 49.2. The first kappa shape index (κ1) is 72.4. The molecule has 2 aromatic rings. The minimum absolute atomic E-state index is 0.0242. The average Bonchev–Trinajstić information content (AvgIpc) is 3.07. The summed E-state index contributed by atoms with van der Waals surface area (Å²) in [5.41, 5.74) is 40.7. The second kappa shape index (κ2) is 37.5. The van der Waals surface area contributed by atoms with Crippen LogP contribution in [0.1, 0.15) is 118 Å². The Labute approximate surface area is 490 Å². The van der Waals surface area contributed by atoms with Crippen LogP contribution in [0.3, 0.4) is 0 Å². The lowest BCUT2D eigenvalue weighted by atomic mass is 9.97. The number of carbonyl (C=O) groups is 9. The summed E-state index contributed by atoms with van der Waals surface area (Å²) in [5, 5.41) is 53.2. The van der Waals surface area contributed by atoms with Crippen LogP contribution < -0.4 is 82.7 Å². The number of rotatable bonds is 40. The van der Waals surface area contributed by atoms with Gasteiger partial charge in [0.2, 0.25) is 47.3 Å². The number of carbonyl (C=O) groups excluding carboxylic acids is 8. The van der Waals surface area contributed by atoms with Gasteiger partial charge in [-0.25, -0.2) is 4.79 Å². The number of aromatic amines is 1. The highest BCUT2D eigenvalue weighted by Crippen LogP contribution is 2.20. The zero-order valence-corrected chi connectivity index (χ0v) is 49.2. The number of aromatic nitrogens is 1. The molecule has 0 spiro atoms. The molecule has 472 valence electrons. The number of benzene rings is 1. The van der Waals surface area contributed by atoms with E-state index in [2.05, 4.69) is 57.5 Å². The molecule has 30 nitrogen and oxygen atoms in total. The Morgan fingerprint density at radius 1 is 0.524 bits per heavy atom. The number of carboxylic acids is 1. The molecule has 30 heteroatoms. The minimum atomic E-state index is -1.75. The van der Waals surface area contributed by atoms with Gasteiger partial charge in [-0.05, 0) is 115 Å². The molecule has 8 amide bonds. The number of aliphatic imine (C=N–C) groups is 2. The zero-order chi connectivity index (χ0) is 63.2.